The van der Waals surface area contributed by atoms with Crippen molar-refractivity contribution >= 4 is 17.6 Å². The number of para-hydroxylation sites is 2. The SMILES string of the molecule is C=CC(=O)OCCOC(=O)/C(C#N)=C1\Oc2ccccc2N1CCOC. The van der Waals surface area contributed by atoms with Crippen LogP contribution in [0.2, 0.25) is 0 Å². The Morgan fingerprint density at radius 3 is 2.69 bits per heavy atom. The van der Waals surface area contributed by atoms with Gasteiger partial charge in [0.15, 0.2) is 11.3 Å². The molecule has 1 aromatic rings. The lowest BCUT2D eigenvalue weighted by atomic mass is 10.2. The quantitative estimate of drug-likeness (QED) is 0.299. The Bertz CT molecular complexity index is 765. The molecule has 0 atom stereocenters. The molecule has 0 radical (unpaired) electrons. The highest BCUT2D eigenvalue weighted by Gasteiger charge is 2.32. The van der Waals surface area contributed by atoms with E-state index in [1.807, 2.05) is 18.2 Å². The molecule has 0 N–H and O–H groups in total. The molecule has 0 bridgehead atoms. The summed E-state index contributed by atoms with van der Waals surface area (Å²) in [5, 5.41) is 9.42. The maximum Gasteiger partial charge on any atom is 0.354 e. The largest absolute Gasteiger partial charge is 0.459 e. The highest BCUT2D eigenvalue weighted by atomic mass is 16.6. The minimum atomic E-state index is -0.868. The summed E-state index contributed by atoms with van der Waals surface area (Å²) in [6.07, 6.45) is 1.00. The topological polar surface area (TPSA) is 98.1 Å². The number of benzene rings is 1. The van der Waals surface area contributed by atoms with Gasteiger partial charge in [0.05, 0.1) is 12.3 Å². The lowest BCUT2D eigenvalue weighted by Crippen LogP contribution is -2.28. The number of carbonyl (C=O) groups is 2. The second-order valence-electron chi connectivity index (χ2n) is 5.01. The lowest BCUT2D eigenvalue weighted by Gasteiger charge is -2.18. The molecular formula is C18H18N2O6. The average Bonchev–Trinajstić information content (AvgIpc) is 3.02. The van der Waals surface area contributed by atoms with E-state index in [-0.39, 0.29) is 24.7 Å². The van der Waals surface area contributed by atoms with Crippen LogP contribution < -0.4 is 9.64 Å². The molecule has 136 valence electrons. The number of hydrogen-bond acceptors (Lipinski definition) is 8. The van der Waals surface area contributed by atoms with Crippen LogP contribution in [0.4, 0.5) is 5.69 Å². The second kappa shape index (κ2) is 9.25. The maximum atomic E-state index is 12.2. The Kier molecular flexibility index (Phi) is 6.76. The first-order chi connectivity index (χ1) is 12.6. The Labute approximate surface area is 150 Å². The van der Waals surface area contributed by atoms with Crippen LogP contribution in [0.15, 0.2) is 48.4 Å². The Morgan fingerprint density at radius 1 is 1.27 bits per heavy atom. The van der Waals surface area contributed by atoms with Crippen molar-refractivity contribution < 1.29 is 28.5 Å². The molecule has 1 aliphatic rings. The van der Waals surface area contributed by atoms with Crippen LogP contribution in [0.25, 0.3) is 0 Å². The fourth-order valence-corrected chi connectivity index (χ4v) is 2.21. The van der Waals surface area contributed by atoms with Crippen LogP contribution in [0.1, 0.15) is 0 Å². The number of esters is 2. The first kappa shape index (κ1) is 19.0. The first-order valence-corrected chi connectivity index (χ1v) is 7.76. The van der Waals surface area contributed by atoms with Gasteiger partial charge in [-0.05, 0) is 12.1 Å². The van der Waals surface area contributed by atoms with Crippen LogP contribution in [0, 0.1) is 11.3 Å². The predicted molar refractivity (Wildman–Crippen MR) is 91.0 cm³/mol. The molecule has 26 heavy (non-hydrogen) atoms. The molecule has 0 aromatic heterocycles. The molecule has 0 unspecified atom stereocenters. The monoisotopic (exact) mass is 358 g/mol. The smallest absolute Gasteiger partial charge is 0.354 e. The zero-order valence-corrected chi connectivity index (χ0v) is 14.3. The number of carbonyl (C=O) groups excluding carboxylic acids is 2. The minimum Gasteiger partial charge on any atom is -0.459 e. The Morgan fingerprint density at radius 2 is 2.00 bits per heavy atom. The van der Waals surface area contributed by atoms with Gasteiger partial charge < -0.3 is 23.8 Å². The summed E-state index contributed by atoms with van der Waals surface area (Å²) in [7, 11) is 1.55. The summed E-state index contributed by atoms with van der Waals surface area (Å²) in [5.41, 5.74) is 0.437. The summed E-state index contributed by atoms with van der Waals surface area (Å²) < 4.78 is 20.5. The van der Waals surface area contributed by atoms with E-state index in [9.17, 15) is 14.9 Å². The van der Waals surface area contributed by atoms with E-state index in [0.717, 1.165) is 11.8 Å². The molecule has 1 aromatic carbocycles. The number of ether oxygens (including phenoxy) is 4. The molecule has 0 saturated heterocycles. The standard InChI is InChI=1S/C18H18N2O6/c1-3-16(21)24-10-11-25-18(22)13(12-19)17-20(8-9-23-2)14-6-4-5-7-15(14)26-17/h3-7H,1,8-11H2,2H3/b17-13-. The number of fused-ring (bicyclic) bond motifs is 1. The number of nitrogens with zero attached hydrogens (tertiary/aromatic N) is 2. The third kappa shape index (κ3) is 4.40. The maximum absolute atomic E-state index is 12.2. The van der Waals surface area contributed by atoms with Gasteiger partial charge in [0.2, 0.25) is 5.88 Å². The molecule has 8 nitrogen and oxygen atoms in total. The second-order valence-corrected chi connectivity index (χ2v) is 5.01. The van der Waals surface area contributed by atoms with Gasteiger partial charge in [-0.3, -0.25) is 0 Å². The normalized spacial score (nSPS) is 13.9. The fraction of sp³-hybridized carbons (Fsp3) is 0.278. The van der Waals surface area contributed by atoms with Crippen molar-refractivity contribution in [2.24, 2.45) is 0 Å². The van der Waals surface area contributed by atoms with E-state index in [0.29, 0.717) is 18.9 Å². The van der Waals surface area contributed by atoms with Gasteiger partial charge in [-0.2, -0.15) is 5.26 Å². The average molecular weight is 358 g/mol. The van der Waals surface area contributed by atoms with Crippen molar-refractivity contribution in [1.82, 2.24) is 0 Å². The molecule has 0 aliphatic carbocycles. The molecule has 1 heterocycles. The zero-order chi connectivity index (χ0) is 18.9. The molecular weight excluding hydrogens is 340 g/mol. The van der Waals surface area contributed by atoms with Crippen molar-refractivity contribution in [2.45, 2.75) is 0 Å². The number of nitriles is 1. The van der Waals surface area contributed by atoms with Crippen molar-refractivity contribution in [3.63, 3.8) is 0 Å². The van der Waals surface area contributed by atoms with Gasteiger partial charge in [0.1, 0.15) is 19.3 Å². The summed E-state index contributed by atoms with van der Waals surface area (Å²) in [6, 6.07) is 8.97. The molecule has 0 fully saturated rings. The van der Waals surface area contributed by atoms with Crippen LogP contribution in [-0.4, -0.2) is 45.4 Å². The minimum absolute atomic E-state index is 0.0823. The van der Waals surface area contributed by atoms with Gasteiger partial charge >= 0.3 is 11.9 Å². The van der Waals surface area contributed by atoms with E-state index in [1.54, 1.807) is 24.1 Å². The summed E-state index contributed by atoms with van der Waals surface area (Å²) in [5.74, 6) is -0.884. The van der Waals surface area contributed by atoms with E-state index >= 15 is 0 Å². The summed E-state index contributed by atoms with van der Waals surface area (Å²) in [6.45, 7) is 3.68. The van der Waals surface area contributed by atoms with E-state index in [1.165, 1.54) is 0 Å². The van der Waals surface area contributed by atoms with Crippen LogP contribution in [0.3, 0.4) is 0 Å². The predicted octanol–water partition coefficient (Wildman–Crippen LogP) is 1.54. The van der Waals surface area contributed by atoms with Crippen molar-refractivity contribution in [2.75, 3.05) is 38.4 Å². The van der Waals surface area contributed by atoms with Crippen LogP contribution in [-0.2, 0) is 23.8 Å². The lowest BCUT2D eigenvalue weighted by molar-refractivity contribution is -0.146. The molecule has 0 spiro atoms. The molecule has 2 rings (SSSR count). The molecule has 8 heteroatoms. The fourth-order valence-electron chi connectivity index (χ4n) is 2.21. The van der Waals surface area contributed by atoms with Crippen LogP contribution >= 0.6 is 0 Å². The Hall–Kier alpha value is -3.31. The van der Waals surface area contributed by atoms with Gasteiger partial charge in [-0.25, -0.2) is 9.59 Å². The van der Waals surface area contributed by atoms with E-state index in [4.69, 9.17) is 18.9 Å². The first-order valence-electron chi connectivity index (χ1n) is 7.76. The highest BCUT2D eigenvalue weighted by Crippen LogP contribution is 2.39. The van der Waals surface area contributed by atoms with Gasteiger partial charge in [-0.15, -0.1) is 0 Å². The molecule has 0 amide bonds. The number of rotatable bonds is 8. The third-order valence-corrected chi connectivity index (χ3v) is 3.38. The number of methoxy groups -OCH3 is 1. The van der Waals surface area contributed by atoms with Crippen molar-refractivity contribution in [3.05, 3.63) is 48.4 Å². The van der Waals surface area contributed by atoms with Crippen molar-refractivity contribution in [3.8, 4) is 11.8 Å². The van der Waals surface area contributed by atoms with Gasteiger partial charge in [0.25, 0.3) is 0 Å². The summed E-state index contributed by atoms with van der Waals surface area (Å²) >= 11 is 0. The highest BCUT2D eigenvalue weighted by molar-refractivity contribution is 5.94. The molecule has 1 aliphatic heterocycles. The summed E-state index contributed by atoms with van der Waals surface area (Å²) in [4.78, 5) is 24.9. The molecule has 0 saturated carbocycles. The number of anilines is 1. The zero-order valence-electron chi connectivity index (χ0n) is 14.3. The van der Waals surface area contributed by atoms with Crippen molar-refractivity contribution in [1.29, 1.82) is 5.26 Å². The van der Waals surface area contributed by atoms with Gasteiger partial charge in [0, 0.05) is 19.7 Å². The van der Waals surface area contributed by atoms with E-state index < -0.39 is 11.9 Å². The number of hydrogen-bond donors (Lipinski definition) is 0. The van der Waals surface area contributed by atoms with Gasteiger partial charge in [-0.1, -0.05) is 18.7 Å². The van der Waals surface area contributed by atoms with E-state index in [2.05, 4.69) is 6.58 Å². The van der Waals surface area contributed by atoms with Crippen LogP contribution in [0.5, 0.6) is 5.75 Å². The Balaban J connectivity index is 2.15. The third-order valence-electron chi connectivity index (χ3n) is 3.38.